The van der Waals surface area contributed by atoms with Crippen LogP contribution in [0.1, 0.15) is 42.4 Å². The molecule has 216 valence electrons. The van der Waals surface area contributed by atoms with E-state index in [2.05, 4.69) is 66.7 Å². The first kappa shape index (κ1) is 29.2. The van der Waals surface area contributed by atoms with Gasteiger partial charge in [-0.05, 0) is 47.4 Å². The number of ether oxygens (including phenoxy) is 1. The number of aryl methyl sites for hydroxylation is 1. The highest BCUT2D eigenvalue weighted by molar-refractivity contribution is 6.30. The summed E-state index contributed by atoms with van der Waals surface area (Å²) >= 11 is 6.64. The maximum atomic E-state index is 13.0. The van der Waals surface area contributed by atoms with Crippen LogP contribution in [0.2, 0.25) is 5.15 Å². The first-order valence-electron chi connectivity index (χ1n) is 14.1. The number of carbonyl (C=O) groups is 1. The minimum Gasteiger partial charge on any atom is -0.458 e. The lowest BCUT2D eigenvalue weighted by atomic mass is 9.98. The molecule has 2 N–H and O–H groups in total. The van der Waals surface area contributed by atoms with Gasteiger partial charge in [0, 0.05) is 18.5 Å². The van der Waals surface area contributed by atoms with Crippen LogP contribution in [0.15, 0.2) is 78.9 Å². The maximum Gasteiger partial charge on any atom is 0.323 e. The molecule has 3 aromatic carbocycles. The standard InChI is InChI=1S/C32H34ClN7O2/c1-3-4-14-29-35-30(33)28(21-42-32(41)27(34-2)19-22-10-6-5-7-11-22)40(29)20-23-15-17-24(18-16-23)25-12-8-9-13-26(25)31-36-38-39-37-31/h5-13,15-18,27,34H,3-4,14,19-21H2,1-2H3,(H,36,37,38,39)/t27-/m1/s1. The normalized spacial score (nSPS) is 11.9. The van der Waals surface area contributed by atoms with E-state index in [1.54, 1.807) is 7.05 Å². The Labute approximate surface area is 250 Å². The molecule has 1 atom stereocenters. The molecular formula is C32H34ClN7O2. The number of rotatable bonds is 13. The quantitative estimate of drug-likeness (QED) is 0.172. The molecule has 0 saturated heterocycles. The predicted octanol–water partition coefficient (Wildman–Crippen LogP) is 5.65. The highest BCUT2D eigenvalue weighted by Crippen LogP contribution is 2.30. The minimum atomic E-state index is -0.468. The van der Waals surface area contributed by atoms with Crippen molar-refractivity contribution in [3.63, 3.8) is 0 Å². The molecule has 0 saturated carbocycles. The van der Waals surface area contributed by atoms with Crippen LogP contribution in [0.25, 0.3) is 22.5 Å². The number of tetrazole rings is 1. The van der Waals surface area contributed by atoms with Crippen LogP contribution in [0.4, 0.5) is 0 Å². The van der Waals surface area contributed by atoms with Gasteiger partial charge in [0.05, 0.1) is 5.69 Å². The number of aromatic amines is 1. The fraction of sp³-hybridized carbons (Fsp3) is 0.281. The number of imidazole rings is 1. The van der Waals surface area contributed by atoms with Crippen molar-refractivity contribution in [1.82, 2.24) is 35.5 Å². The number of nitrogens with zero attached hydrogens (tertiary/aromatic N) is 5. The highest BCUT2D eigenvalue weighted by atomic mass is 35.5. The monoisotopic (exact) mass is 583 g/mol. The van der Waals surface area contributed by atoms with Gasteiger partial charge < -0.3 is 14.6 Å². The van der Waals surface area contributed by atoms with Crippen molar-refractivity contribution in [3.05, 3.63) is 107 Å². The third-order valence-electron chi connectivity index (χ3n) is 7.24. The van der Waals surface area contributed by atoms with Crippen LogP contribution in [-0.4, -0.2) is 49.2 Å². The summed E-state index contributed by atoms with van der Waals surface area (Å²) in [6.45, 7) is 2.74. The highest BCUT2D eigenvalue weighted by Gasteiger charge is 2.22. The van der Waals surface area contributed by atoms with E-state index >= 15 is 0 Å². The summed E-state index contributed by atoms with van der Waals surface area (Å²) in [6, 6.07) is 25.7. The molecule has 2 aromatic heterocycles. The number of benzene rings is 3. The first-order chi connectivity index (χ1) is 20.6. The summed E-state index contributed by atoms with van der Waals surface area (Å²) in [6.07, 6.45) is 3.34. The molecular weight excluding hydrogens is 550 g/mol. The maximum absolute atomic E-state index is 13.0. The topological polar surface area (TPSA) is 111 Å². The molecule has 9 nitrogen and oxygen atoms in total. The van der Waals surface area contributed by atoms with Crippen molar-refractivity contribution in [1.29, 1.82) is 0 Å². The zero-order chi connectivity index (χ0) is 29.3. The number of likely N-dealkylation sites (N-methyl/N-ethyl adjacent to an activating group) is 1. The Morgan fingerprint density at radius 1 is 1.00 bits per heavy atom. The average molecular weight is 584 g/mol. The van der Waals surface area contributed by atoms with Gasteiger partial charge in [0.1, 0.15) is 18.5 Å². The van der Waals surface area contributed by atoms with Gasteiger partial charge >= 0.3 is 5.97 Å². The van der Waals surface area contributed by atoms with Gasteiger partial charge in [-0.25, -0.2) is 4.98 Å². The van der Waals surface area contributed by atoms with Crippen molar-refractivity contribution in [3.8, 4) is 22.5 Å². The van der Waals surface area contributed by atoms with Crippen LogP contribution in [0.5, 0.6) is 0 Å². The van der Waals surface area contributed by atoms with Crippen molar-refractivity contribution in [2.24, 2.45) is 0 Å². The second-order valence-electron chi connectivity index (χ2n) is 10.1. The molecule has 0 bridgehead atoms. The number of aromatic nitrogens is 6. The van der Waals surface area contributed by atoms with Crippen molar-refractivity contribution < 1.29 is 9.53 Å². The van der Waals surface area contributed by atoms with Gasteiger partial charge in [-0.3, -0.25) is 4.79 Å². The molecule has 0 aliphatic heterocycles. The zero-order valence-electron chi connectivity index (χ0n) is 23.8. The number of unbranched alkanes of at least 4 members (excludes halogenated alkanes) is 1. The van der Waals surface area contributed by atoms with Crippen LogP contribution < -0.4 is 5.32 Å². The second kappa shape index (κ2) is 14.0. The lowest BCUT2D eigenvalue weighted by molar-refractivity contribution is -0.147. The van der Waals surface area contributed by atoms with Crippen LogP contribution in [0, 0.1) is 0 Å². The third-order valence-corrected chi connectivity index (χ3v) is 7.55. The summed E-state index contributed by atoms with van der Waals surface area (Å²) in [5.41, 5.74) is 5.78. The molecule has 0 spiro atoms. The molecule has 0 radical (unpaired) electrons. The summed E-state index contributed by atoms with van der Waals surface area (Å²) < 4.78 is 7.87. The molecule has 5 aromatic rings. The Balaban J connectivity index is 1.35. The molecule has 0 amide bonds. The van der Waals surface area contributed by atoms with E-state index in [1.165, 1.54) is 0 Å². The SMILES string of the molecule is CCCCc1nc(Cl)c(COC(=O)[C@@H](Cc2ccccc2)NC)n1Cc1ccc(-c2ccccc2-c2nn[nH]n2)cc1. The Morgan fingerprint density at radius 3 is 2.43 bits per heavy atom. The van der Waals surface area contributed by atoms with Crippen molar-refractivity contribution >= 4 is 17.6 Å². The van der Waals surface area contributed by atoms with Gasteiger partial charge in [-0.2, -0.15) is 5.21 Å². The molecule has 0 aliphatic carbocycles. The number of nitrogens with one attached hydrogen (secondary N) is 2. The number of carbonyl (C=O) groups excluding carboxylic acids is 1. The largest absolute Gasteiger partial charge is 0.458 e. The van der Waals surface area contributed by atoms with Gasteiger partial charge in [0.25, 0.3) is 0 Å². The van der Waals surface area contributed by atoms with E-state index in [-0.39, 0.29) is 12.6 Å². The van der Waals surface area contributed by atoms with Gasteiger partial charge in [-0.1, -0.05) is 104 Å². The fourth-order valence-electron chi connectivity index (χ4n) is 4.93. The van der Waals surface area contributed by atoms with E-state index in [0.29, 0.717) is 29.6 Å². The van der Waals surface area contributed by atoms with Crippen LogP contribution in [0.3, 0.4) is 0 Å². The molecule has 0 aliphatic rings. The molecule has 42 heavy (non-hydrogen) atoms. The smallest absolute Gasteiger partial charge is 0.323 e. The summed E-state index contributed by atoms with van der Waals surface area (Å²) in [7, 11) is 1.76. The van der Waals surface area contributed by atoms with Crippen molar-refractivity contribution in [2.75, 3.05) is 7.05 Å². The second-order valence-corrected chi connectivity index (χ2v) is 10.4. The number of hydrogen-bond acceptors (Lipinski definition) is 7. The number of H-pyrrole nitrogens is 1. The summed E-state index contributed by atoms with van der Waals surface area (Å²) in [5.74, 6) is 1.10. The summed E-state index contributed by atoms with van der Waals surface area (Å²) in [4.78, 5) is 17.7. The Bertz CT molecular complexity index is 1590. The van der Waals surface area contributed by atoms with E-state index < -0.39 is 6.04 Å². The first-order valence-corrected chi connectivity index (χ1v) is 14.5. The predicted molar refractivity (Wildman–Crippen MR) is 163 cm³/mol. The Kier molecular flexibility index (Phi) is 9.74. The molecule has 0 fully saturated rings. The van der Waals surface area contributed by atoms with E-state index in [9.17, 15) is 4.79 Å². The van der Waals surface area contributed by atoms with E-state index in [1.807, 2.05) is 54.6 Å². The summed E-state index contributed by atoms with van der Waals surface area (Å²) in [5, 5.41) is 18.0. The van der Waals surface area contributed by atoms with Gasteiger partial charge in [0.2, 0.25) is 5.82 Å². The average Bonchev–Trinajstić information content (AvgIpc) is 3.67. The van der Waals surface area contributed by atoms with E-state index in [0.717, 1.165) is 52.9 Å². The lowest BCUT2D eigenvalue weighted by Gasteiger charge is -2.17. The number of esters is 1. The van der Waals surface area contributed by atoms with Crippen LogP contribution in [-0.2, 0) is 35.5 Å². The fourth-order valence-corrected chi connectivity index (χ4v) is 5.18. The minimum absolute atomic E-state index is 0.0416. The molecule has 0 unspecified atom stereocenters. The Morgan fingerprint density at radius 2 is 1.74 bits per heavy atom. The van der Waals surface area contributed by atoms with Crippen LogP contribution >= 0.6 is 11.6 Å². The molecule has 10 heteroatoms. The van der Waals surface area contributed by atoms with E-state index in [4.69, 9.17) is 16.3 Å². The number of hydrogen-bond donors (Lipinski definition) is 2. The zero-order valence-corrected chi connectivity index (χ0v) is 24.5. The van der Waals surface area contributed by atoms with Gasteiger partial charge in [0.15, 0.2) is 5.15 Å². The lowest BCUT2D eigenvalue weighted by Crippen LogP contribution is -2.37. The Hall–Kier alpha value is -4.34. The number of halogens is 1. The van der Waals surface area contributed by atoms with Crippen molar-refractivity contribution in [2.45, 2.75) is 51.8 Å². The molecule has 2 heterocycles. The molecule has 5 rings (SSSR count). The van der Waals surface area contributed by atoms with Gasteiger partial charge in [-0.15, -0.1) is 10.2 Å². The third kappa shape index (κ3) is 6.92.